The molecule has 2 saturated heterocycles. The number of aromatic nitrogens is 9. The van der Waals surface area contributed by atoms with Gasteiger partial charge < -0.3 is 54.5 Å². The lowest BCUT2D eigenvalue weighted by atomic mass is 9.92. The van der Waals surface area contributed by atoms with Gasteiger partial charge in [0.1, 0.15) is 34.8 Å². The van der Waals surface area contributed by atoms with E-state index in [1.807, 2.05) is 36.9 Å². The van der Waals surface area contributed by atoms with Crippen LogP contribution >= 0.6 is 57.2 Å². The number of methoxy groups -OCH3 is 3. The van der Waals surface area contributed by atoms with Crippen LogP contribution in [0.4, 0.5) is 53.4 Å². The van der Waals surface area contributed by atoms with Crippen molar-refractivity contribution in [3.05, 3.63) is 56.6 Å². The van der Waals surface area contributed by atoms with E-state index in [2.05, 4.69) is 75.0 Å². The van der Waals surface area contributed by atoms with Gasteiger partial charge in [-0.2, -0.15) is 9.97 Å². The molecule has 2 aliphatic heterocycles. The van der Waals surface area contributed by atoms with Crippen molar-refractivity contribution in [1.82, 2.24) is 54.7 Å². The number of hydrogen-bond donors (Lipinski definition) is 4. The van der Waals surface area contributed by atoms with Gasteiger partial charge >= 0.3 is 18.2 Å². The van der Waals surface area contributed by atoms with Gasteiger partial charge in [0.15, 0.2) is 32.5 Å². The van der Waals surface area contributed by atoms with Gasteiger partial charge in [0.25, 0.3) is 0 Å². The van der Waals surface area contributed by atoms with Gasteiger partial charge in [0, 0.05) is 114 Å². The first-order chi connectivity index (χ1) is 43.7. The number of aliphatic hydroxyl groups is 1. The fourth-order valence-electron chi connectivity index (χ4n) is 9.86. The Labute approximate surface area is 549 Å². The van der Waals surface area contributed by atoms with Crippen molar-refractivity contribution in [3.63, 3.8) is 0 Å². The summed E-state index contributed by atoms with van der Waals surface area (Å²) in [5, 5.41) is 26.4. The average molecular weight is 1390 g/mol. The molecule has 5 fully saturated rings. The Morgan fingerprint density at radius 1 is 0.576 bits per heavy atom. The highest BCUT2D eigenvalue weighted by Gasteiger charge is 2.38. The van der Waals surface area contributed by atoms with Gasteiger partial charge in [-0.3, -0.25) is 4.79 Å². The fourth-order valence-corrected chi connectivity index (χ4v) is 12.4. The standard InChI is InChI=1S/C20H25ClF2N4O3S.C19H23F2N5O3S.C14H15ClF2N4S.C5H9NO3/c1-12-11-31-19(24-12)18-26-15(25-13-5-7-20(22,23)8-6-13)9-16(27-18)30-14(10-21)3-4-17(28)29-2;1-11-10-30-17(22-11)16-24-14(23-12-3-5-19(20,21)6-4-12)7-15(25-16)29-13-8-26(9-13)18(27)28-2;1-8-7-22-13(18-8)12-20-10(15)6-11(21-12)19-9-2-4-14(16,17)5-3-9;1-9-5(8)6-2-4(7)3-6/h9,11,13-14H,3-8,10H2,1-2H3,(H,25,26,27);7,10,12-13H,3-6,8-9H2,1-2H3,(H,23,24,25);6-7,9H,2-5H2,1H3,(H,19,20,21);4,7H,2-3H2,1H3. The number of anilines is 3. The van der Waals surface area contributed by atoms with Crippen LogP contribution in [0.15, 0.2) is 34.3 Å². The van der Waals surface area contributed by atoms with Crippen LogP contribution in [0.25, 0.3) is 32.5 Å². The van der Waals surface area contributed by atoms with Crippen LogP contribution in [0.3, 0.4) is 0 Å². The molecule has 502 valence electrons. The maximum Gasteiger partial charge on any atom is 0.409 e. The molecule has 0 spiro atoms. The van der Waals surface area contributed by atoms with Crippen molar-refractivity contribution < 1.29 is 69.5 Å². The zero-order valence-corrected chi connectivity index (χ0v) is 55.2. The fraction of sp³-hybridized carbons (Fsp3) is 0.586. The molecule has 2 amide bonds. The topological polar surface area (TPSA) is 276 Å². The summed E-state index contributed by atoms with van der Waals surface area (Å²) in [7, 11) is 3.99. The third-order valence-corrected chi connectivity index (χ3v) is 18.4. The lowest BCUT2D eigenvalue weighted by Crippen LogP contribution is -2.56. The summed E-state index contributed by atoms with van der Waals surface area (Å²) < 4.78 is 106. The second-order valence-corrected chi connectivity index (χ2v) is 25.9. The van der Waals surface area contributed by atoms with Crippen molar-refractivity contribution in [2.75, 3.05) is 69.3 Å². The van der Waals surface area contributed by atoms with Gasteiger partial charge in [0.05, 0.1) is 59.5 Å². The van der Waals surface area contributed by atoms with E-state index in [0.717, 1.165) is 17.1 Å². The number of amides is 2. The maximum absolute atomic E-state index is 13.5. The first-order valence-corrected chi connectivity index (χ1v) is 33.1. The number of aliphatic hydroxyl groups excluding tert-OH is 1. The smallest absolute Gasteiger partial charge is 0.409 e. The molecular formula is C58H72Cl2F6N14O9S3. The quantitative estimate of drug-likeness (QED) is 0.0217. The average Bonchev–Trinajstić information content (AvgIpc) is 1.68. The number of thiazole rings is 3. The molecule has 6 aromatic heterocycles. The van der Waals surface area contributed by atoms with Crippen LogP contribution in [-0.2, 0) is 19.0 Å². The number of nitrogens with one attached hydrogen (secondary N) is 3. The number of halogens is 8. The van der Waals surface area contributed by atoms with E-state index < -0.39 is 30.0 Å². The first kappa shape index (κ1) is 71.1. The molecule has 34 heteroatoms. The maximum atomic E-state index is 13.5. The number of likely N-dealkylation sites (tertiary alicyclic amines) is 2. The van der Waals surface area contributed by atoms with Crippen LogP contribution in [-0.4, -0.2) is 186 Å². The number of carbonyl (C=O) groups excluding carboxylic acids is 3. The second kappa shape index (κ2) is 32.4. The first-order valence-electron chi connectivity index (χ1n) is 29.6. The molecule has 1 unspecified atom stereocenters. The number of alkyl halides is 7. The van der Waals surface area contributed by atoms with Gasteiger partial charge in [0.2, 0.25) is 29.5 Å². The highest BCUT2D eigenvalue weighted by atomic mass is 35.5. The Morgan fingerprint density at radius 3 is 1.33 bits per heavy atom. The molecule has 5 aliphatic rings. The summed E-state index contributed by atoms with van der Waals surface area (Å²) in [6.07, 6.45) is 0.280. The highest BCUT2D eigenvalue weighted by Crippen LogP contribution is 2.38. The Balaban J connectivity index is 0.000000168. The van der Waals surface area contributed by atoms with E-state index in [9.17, 15) is 40.7 Å². The Bertz CT molecular complexity index is 3390. The number of esters is 1. The van der Waals surface area contributed by atoms with Crippen LogP contribution in [0.2, 0.25) is 5.15 Å². The molecule has 8 heterocycles. The number of hydrogen-bond acceptors (Lipinski definition) is 24. The highest BCUT2D eigenvalue weighted by molar-refractivity contribution is 7.13. The third-order valence-electron chi connectivity index (χ3n) is 15.0. The van der Waals surface area contributed by atoms with Gasteiger partial charge in [-0.15, -0.1) is 45.6 Å². The normalized spacial score (nSPS) is 18.3. The van der Waals surface area contributed by atoms with Crippen LogP contribution in [0.1, 0.15) is 107 Å². The molecule has 0 bridgehead atoms. The SMILES string of the molecule is COC(=O)CCC(CCl)Oc1cc(NC2CCC(F)(F)CC2)nc(-c2nc(C)cs2)n1.COC(=O)N1CC(O)C1.COC(=O)N1CC(Oc2cc(NC3CCC(F)(F)CC3)nc(-c3nc(C)cs3)n2)C1.Cc1csc(-c2nc(Cl)cc(NC3CCC(F)(F)CC3)n2)n1. The van der Waals surface area contributed by atoms with Crippen molar-refractivity contribution in [2.24, 2.45) is 0 Å². The molecule has 0 radical (unpaired) electrons. The van der Waals surface area contributed by atoms with E-state index in [-0.39, 0.29) is 99.1 Å². The number of nitrogens with zero attached hydrogens (tertiary/aromatic N) is 11. The number of aryl methyl sites for hydroxylation is 3. The Kier molecular flexibility index (Phi) is 25.0. The second-order valence-electron chi connectivity index (χ2n) is 22.6. The van der Waals surface area contributed by atoms with Crippen LogP contribution < -0.4 is 25.4 Å². The van der Waals surface area contributed by atoms with Crippen molar-refractivity contribution in [2.45, 2.75) is 165 Å². The molecule has 23 nitrogen and oxygen atoms in total. The van der Waals surface area contributed by atoms with E-state index in [1.54, 1.807) is 18.2 Å². The lowest BCUT2D eigenvalue weighted by Gasteiger charge is -2.37. The summed E-state index contributed by atoms with van der Waals surface area (Å²) >= 11 is 16.3. The number of carbonyl (C=O) groups is 3. The lowest BCUT2D eigenvalue weighted by molar-refractivity contribution is -0.141. The molecule has 92 heavy (non-hydrogen) atoms. The summed E-state index contributed by atoms with van der Waals surface area (Å²) in [6, 6.07) is 4.68. The van der Waals surface area contributed by atoms with E-state index in [1.165, 1.54) is 65.1 Å². The summed E-state index contributed by atoms with van der Waals surface area (Å²) in [5.41, 5.74) is 2.60. The number of ether oxygens (including phenoxy) is 5. The third kappa shape index (κ3) is 21.7. The molecule has 0 aromatic carbocycles. The van der Waals surface area contributed by atoms with E-state index >= 15 is 0 Å². The molecular weight excluding hydrogens is 1320 g/mol. The van der Waals surface area contributed by atoms with Gasteiger partial charge in [-0.1, -0.05) is 11.6 Å². The van der Waals surface area contributed by atoms with Gasteiger partial charge in [-0.05, 0) is 65.7 Å². The minimum atomic E-state index is -2.60. The minimum Gasteiger partial charge on any atom is -0.473 e. The van der Waals surface area contributed by atoms with Crippen molar-refractivity contribution >= 4 is 92.8 Å². The predicted octanol–water partition coefficient (Wildman–Crippen LogP) is 12.5. The van der Waals surface area contributed by atoms with Gasteiger partial charge in [-0.25, -0.2) is 70.8 Å². The van der Waals surface area contributed by atoms with Crippen molar-refractivity contribution in [1.29, 1.82) is 0 Å². The van der Waals surface area contributed by atoms with E-state index in [4.69, 9.17) is 37.8 Å². The zero-order chi connectivity index (χ0) is 66.3. The Hall–Kier alpha value is -6.74. The zero-order valence-electron chi connectivity index (χ0n) is 51.2. The van der Waals surface area contributed by atoms with Crippen molar-refractivity contribution in [3.8, 4) is 44.3 Å². The Morgan fingerprint density at radius 2 is 0.957 bits per heavy atom. The monoisotopic (exact) mass is 1390 g/mol. The summed E-state index contributed by atoms with van der Waals surface area (Å²) in [6.45, 7) is 7.28. The summed E-state index contributed by atoms with van der Waals surface area (Å²) in [4.78, 5) is 76.2. The minimum absolute atomic E-state index is 0.0172. The molecule has 6 aromatic rings. The summed E-state index contributed by atoms with van der Waals surface area (Å²) in [5.74, 6) is -4.50. The van der Waals surface area contributed by atoms with Crippen LogP contribution in [0.5, 0.6) is 11.8 Å². The molecule has 1 atom stereocenters. The van der Waals surface area contributed by atoms with Crippen LogP contribution in [0, 0.1) is 20.8 Å². The largest absolute Gasteiger partial charge is 0.473 e. The molecule has 3 saturated carbocycles. The number of rotatable bonds is 17. The number of β-amino-alcohol motifs (C(OH)–C–C–N with tert-alkyl or cyclic N) is 1. The molecule has 11 rings (SSSR count). The van der Waals surface area contributed by atoms with E-state index in [0.29, 0.717) is 132 Å². The molecule has 4 N–H and O–H groups in total. The predicted molar refractivity (Wildman–Crippen MR) is 336 cm³/mol. The molecule has 3 aliphatic carbocycles.